The van der Waals surface area contributed by atoms with Crippen molar-refractivity contribution >= 4 is 17.3 Å². The lowest BCUT2D eigenvalue weighted by Crippen LogP contribution is -2.01. The van der Waals surface area contributed by atoms with Crippen LogP contribution in [0.4, 0.5) is 0 Å². The van der Waals surface area contributed by atoms with Crippen LogP contribution in [0.1, 0.15) is 17.7 Å². The molecule has 0 aromatic carbocycles. The molecule has 0 spiro atoms. The Morgan fingerprint density at radius 3 is 3.06 bits per heavy atom. The van der Waals surface area contributed by atoms with Crippen LogP contribution in [0, 0.1) is 6.92 Å². The molecule has 0 saturated carbocycles. The molecule has 0 aliphatic rings. The van der Waals surface area contributed by atoms with Gasteiger partial charge in [0.25, 0.3) is 0 Å². The van der Waals surface area contributed by atoms with Crippen LogP contribution in [0.25, 0.3) is 10.6 Å². The first-order valence-electron chi connectivity index (χ1n) is 5.63. The van der Waals surface area contributed by atoms with E-state index >= 15 is 0 Å². The van der Waals surface area contributed by atoms with Crippen LogP contribution in [-0.4, -0.2) is 23.0 Å². The van der Waals surface area contributed by atoms with Gasteiger partial charge < -0.3 is 4.74 Å². The molecule has 18 heavy (non-hydrogen) atoms. The normalized spacial score (nSPS) is 10.3. The number of nitrogens with zero attached hydrogens (tertiary/aromatic N) is 2. The van der Waals surface area contributed by atoms with Gasteiger partial charge in [0.1, 0.15) is 5.01 Å². The van der Waals surface area contributed by atoms with Crippen molar-refractivity contribution in [1.29, 1.82) is 0 Å². The average molecular weight is 262 g/mol. The maximum absolute atomic E-state index is 11.1. The van der Waals surface area contributed by atoms with E-state index in [-0.39, 0.29) is 5.97 Å². The summed E-state index contributed by atoms with van der Waals surface area (Å²) in [5.41, 5.74) is 3.13. The average Bonchev–Trinajstić information content (AvgIpc) is 2.85. The summed E-state index contributed by atoms with van der Waals surface area (Å²) >= 11 is 1.59. The number of aryl methyl sites for hydroxylation is 2. The van der Waals surface area contributed by atoms with E-state index in [0.29, 0.717) is 12.8 Å². The van der Waals surface area contributed by atoms with Crippen molar-refractivity contribution in [2.45, 2.75) is 19.8 Å². The molecule has 2 rings (SSSR count). The van der Waals surface area contributed by atoms with Gasteiger partial charge in [-0.2, -0.15) is 0 Å². The Balaban J connectivity index is 2.11. The van der Waals surface area contributed by atoms with E-state index in [9.17, 15) is 4.79 Å². The van der Waals surface area contributed by atoms with E-state index in [1.807, 2.05) is 24.6 Å². The number of carbonyl (C=O) groups is 1. The minimum absolute atomic E-state index is 0.204. The third-order valence-electron chi connectivity index (χ3n) is 2.62. The fraction of sp³-hybridized carbons (Fsp3) is 0.308. The number of rotatable bonds is 4. The summed E-state index contributed by atoms with van der Waals surface area (Å²) in [6.07, 6.45) is 4.57. The second kappa shape index (κ2) is 5.73. The van der Waals surface area contributed by atoms with Gasteiger partial charge in [0.05, 0.1) is 19.2 Å². The largest absolute Gasteiger partial charge is 0.469 e. The zero-order valence-corrected chi connectivity index (χ0v) is 11.2. The Labute approximate surface area is 110 Å². The molecule has 0 unspecified atom stereocenters. The van der Waals surface area contributed by atoms with Crippen LogP contribution in [0.3, 0.4) is 0 Å². The second-order valence-electron chi connectivity index (χ2n) is 3.91. The summed E-state index contributed by atoms with van der Waals surface area (Å²) in [4.78, 5) is 19.7. The zero-order valence-electron chi connectivity index (χ0n) is 10.3. The van der Waals surface area contributed by atoms with Crippen LogP contribution in [0.15, 0.2) is 23.8 Å². The summed E-state index contributed by atoms with van der Waals surface area (Å²) in [7, 11) is 1.40. The zero-order chi connectivity index (χ0) is 13.0. The third-order valence-corrected chi connectivity index (χ3v) is 3.54. The molecule has 2 aromatic rings. The SMILES string of the molecule is COC(=O)CCc1csc(-c2ccncc2C)n1. The van der Waals surface area contributed by atoms with Crippen molar-refractivity contribution in [3.63, 3.8) is 0 Å². The monoisotopic (exact) mass is 262 g/mol. The van der Waals surface area contributed by atoms with Crippen molar-refractivity contribution in [3.05, 3.63) is 35.1 Å². The number of hydrogen-bond donors (Lipinski definition) is 0. The minimum Gasteiger partial charge on any atom is -0.469 e. The number of pyridine rings is 1. The van der Waals surface area contributed by atoms with Gasteiger partial charge in [-0.1, -0.05) is 0 Å². The molecule has 0 atom stereocenters. The molecule has 5 heteroatoms. The van der Waals surface area contributed by atoms with E-state index in [2.05, 4.69) is 14.7 Å². The van der Waals surface area contributed by atoms with Crippen LogP contribution < -0.4 is 0 Å². The molecule has 0 saturated heterocycles. The topological polar surface area (TPSA) is 52.1 Å². The predicted molar refractivity (Wildman–Crippen MR) is 70.4 cm³/mol. The first-order valence-corrected chi connectivity index (χ1v) is 6.51. The quantitative estimate of drug-likeness (QED) is 0.795. The van der Waals surface area contributed by atoms with Crippen molar-refractivity contribution in [2.24, 2.45) is 0 Å². The third kappa shape index (κ3) is 2.92. The van der Waals surface area contributed by atoms with E-state index in [1.165, 1.54) is 7.11 Å². The van der Waals surface area contributed by atoms with Gasteiger partial charge in [-0.3, -0.25) is 9.78 Å². The molecular formula is C13H14N2O2S. The molecule has 0 fully saturated rings. The number of esters is 1. The van der Waals surface area contributed by atoms with E-state index < -0.39 is 0 Å². The van der Waals surface area contributed by atoms with E-state index in [1.54, 1.807) is 17.5 Å². The van der Waals surface area contributed by atoms with Gasteiger partial charge in [0.15, 0.2) is 0 Å². The Morgan fingerprint density at radius 2 is 2.33 bits per heavy atom. The summed E-state index contributed by atoms with van der Waals surface area (Å²) in [6.45, 7) is 2.01. The Hall–Kier alpha value is -1.75. The molecule has 4 nitrogen and oxygen atoms in total. The van der Waals surface area contributed by atoms with Crippen molar-refractivity contribution < 1.29 is 9.53 Å². The molecular weight excluding hydrogens is 248 g/mol. The molecule has 2 aromatic heterocycles. The lowest BCUT2D eigenvalue weighted by atomic mass is 10.2. The van der Waals surface area contributed by atoms with Gasteiger partial charge in [0, 0.05) is 29.8 Å². The van der Waals surface area contributed by atoms with Crippen molar-refractivity contribution in [3.8, 4) is 10.6 Å². The summed E-state index contributed by atoms with van der Waals surface area (Å²) in [5.74, 6) is -0.204. The standard InChI is InChI=1S/C13H14N2O2S/c1-9-7-14-6-5-11(9)13-15-10(8-18-13)3-4-12(16)17-2/h5-8H,3-4H2,1-2H3. The summed E-state index contributed by atoms with van der Waals surface area (Å²) < 4.78 is 4.61. The van der Waals surface area contributed by atoms with E-state index in [0.717, 1.165) is 21.8 Å². The molecule has 2 heterocycles. The van der Waals surface area contributed by atoms with Gasteiger partial charge in [-0.25, -0.2) is 4.98 Å². The van der Waals surface area contributed by atoms with E-state index in [4.69, 9.17) is 0 Å². The number of ether oxygens (including phenoxy) is 1. The minimum atomic E-state index is -0.204. The molecule has 0 N–H and O–H groups in total. The molecule has 0 aliphatic heterocycles. The fourth-order valence-corrected chi connectivity index (χ4v) is 2.54. The molecule has 0 aliphatic carbocycles. The molecule has 0 bridgehead atoms. The molecule has 0 amide bonds. The van der Waals surface area contributed by atoms with Crippen molar-refractivity contribution in [1.82, 2.24) is 9.97 Å². The highest BCUT2D eigenvalue weighted by molar-refractivity contribution is 7.13. The lowest BCUT2D eigenvalue weighted by molar-refractivity contribution is -0.140. The summed E-state index contributed by atoms with van der Waals surface area (Å²) in [5, 5.41) is 2.95. The maximum atomic E-state index is 11.1. The number of hydrogen-bond acceptors (Lipinski definition) is 5. The Bertz CT molecular complexity index is 551. The molecule has 0 radical (unpaired) electrons. The highest BCUT2D eigenvalue weighted by Gasteiger charge is 2.08. The highest BCUT2D eigenvalue weighted by Crippen LogP contribution is 2.26. The highest BCUT2D eigenvalue weighted by atomic mass is 32.1. The number of methoxy groups -OCH3 is 1. The lowest BCUT2D eigenvalue weighted by Gasteiger charge is -2.00. The van der Waals surface area contributed by atoms with Gasteiger partial charge in [-0.15, -0.1) is 11.3 Å². The van der Waals surface area contributed by atoms with Crippen LogP contribution in [-0.2, 0) is 16.0 Å². The van der Waals surface area contributed by atoms with Crippen molar-refractivity contribution in [2.75, 3.05) is 7.11 Å². The van der Waals surface area contributed by atoms with Gasteiger partial charge >= 0.3 is 5.97 Å². The first kappa shape index (κ1) is 12.7. The van der Waals surface area contributed by atoms with Crippen LogP contribution in [0.2, 0.25) is 0 Å². The van der Waals surface area contributed by atoms with Crippen LogP contribution >= 0.6 is 11.3 Å². The first-order chi connectivity index (χ1) is 8.70. The van der Waals surface area contributed by atoms with Gasteiger partial charge in [-0.05, 0) is 18.6 Å². The number of thiazole rings is 1. The molecule has 94 valence electrons. The Morgan fingerprint density at radius 1 is 1.50 bits per heavy atom. The number of carbonyl (C=O) groups excluding carboxylic acids is 1. The number of aromatic nitrogens is 2. The Kier molecular flexibility index (Phi) is 4.04. The van der Waals surface area contributed by atoms with Gasteiger partial charge in [0.2, 0.25) is 0 Å². The van der Waals surface area contributed by atoms with Crippen LogP contribution in [0.5, 0.6) is 0 Å². The predicted octanol–water partition coefficient (Wildman–Crippen LogP) is 2.62. The second-order valence-corrected chi connectivity index (χ2v) is 4.77. The fourth-order valence-electron chi connectivity index (χ4n) is 1.59. The smallest absolute Gasteiger partial charge is 0.305 e. The maximum Gasteiger partial charge on any atom is 0.305 e. The summed E-state index contributed by atoms with van der Waals surface area (Å²) in [6, 6.07) is 1.96.